The van der Waals surface area contributed by atoms with Gasteiger partial charge in [-0.25, -0.2) is 22.5 Å². The highest BCUT2D eigenvalue weighted by Crippen LogP contribution is 2.18. The number of hydrogen-bond donors (Lipinski definition) is 2. The Hall–Kier alpha value is -2.39. The van der Waals surface area contributed by atoms with E-state index in [1.165, 1.54) is 4.31 Å². The number of hydrogen-bond acceptors (Lipinski definition) is 4. The molecule has 1 aliphatic heterocycles. The van der Waals surface area contributed by atoms with Gasteiger partial charge in [0.2, 0.25) is 10.0 Å². The summed E-state index contributed by atoms with van der Waals surface area (Å²) in [7, 11) is -3.17. The van der Waals surface area contributed by atoms with Crippen molar-refractivity contribution >= 4 is 21.7 Å². The van der Waals surface area contributed by atoms with Crippen LogP contribution in [0.1, 0.15) is 57.3 Å². The van der Waals surface area contributed by atoms with Crippen LogP contribution in [0.5, 0.6) is 0 Å². The predicted molar refractivity (Wildman–Crippen MR) is 123 cm³/mol. The van der Waals surface area contributed by atoms with E-state index < -0.39 is 10.0 Å². The number of amides is 2. The number of sulfonamides is 1. The summed E-state index contributed by atoms with van der Waals surface area (Å²) >= 11 is 0. The van der Waals surface area contributed by atoms with E-state index in [1.54, 1.807) is 0 Å². The molecule has 170 valence electrons. The molecule has 0 bridgehead atoms. The van der Waals surface area contributed by atoms with Gasteiger partial charge in [0.05, 0.1) is 5.75 Å². The van der Waals surface area contributed by atoms with Gasteiger partial charge < -0.3 is 15.2 Å². The molecule has 9 heteroatoms. The van der Waals surface area contributed by atoms with E-state index in [-0.39, 0.29) is 17.8 Å². The maximum Gasteiger partial charge on any atom is 0.319 e. The average molecular weight is 448 g/mol. The van der Waals surface area contributed by atoms with Gasteiger partial charge in [-0.1, -0.05) is 32.9 Å². The first-order valence-corrected chi connectivity index (χ1v) is 12.5. The van der Waals surface area contributed by atoms with Crippen molar-refractivity contribution < 1.29 is 13.2 Å². The lowest BCUT2D eigenvalue weighted by Crippen LogP contribution is -2.47. The van der Waals surface area contributed by atoms with Crippen LogP contribution in [0.15, 0.2) is 36.7 Å². The second-order valence-corrected chi connectivity index (χ2v) is 10.4. The topological polar surface area (TPSA) is 96.3 Å². The number of carbonyl (C=O) groups is 1. The minimum Gasteiger partial charge on any atom is -0.335 e. The molecule has 0 saturated carbocycles. The molecular weight excluding hydrogens is 414 g/mol. The van der Waals surface area contributed by atoms with Crippen molar-refractivity contribution in [3.8, 4) is 0 Å². The molecule has 1 saturated heterocycles. The number of imidazole rings is 1. The molecule has 2 N–H and O–H groups in total. The highest BCUT2D eigenvalue weighted by molar-refractivity contribution is 7.89. The summed E-state index contributed by atoms with van der Waals surface area (Å²) in [6.45, 7) is 7.69. The van der Waals surface area contributed by atoms with Gasteiger partial charge in [0.1, 0.15) is 5.82 Å². The van der Waals surface area contributed by atoms with E-state index in [2.05, 4.69) is 34.0 Å². The van der Waals surface area contributed by atoms with Crippen LogP contribution >= 0.6 is 0 Å². The number of rotatable bonds is 8. The summed E-state index contributed by atoms with van der Waals surface area (Å²) in [6, 6.07) is 7.48. The Morgan fingerprint density at radius 3 is 2.68 bits per heavy atom. The lowest BCUT2D eigenvalue weighted by molar-refractivity contribution is 0.238. The lowest BCUT2D eigenvalue weighted by atomic mass is 10.1. The standard InChI is InChI=1S/C22H33N5O3S/c1-4-14-31(29,30)27-11-8-19(9-12-27)24-22(28)25-20-7-5-6-18(15-20)16-26-13-10-23-21(26)17(2)3/h5-7,10,13,15,17,19H,4,8-9,11-12,14,16H2,1-3H3,(H2,24,25,28). The van der Waals surface area contributed by atoms with Crippen LogP contribution in [0.3, 0.4) is 0 Å². The van der Waals surface area contributed by atoms with Crippen molar-refractivity contribution in [2.75, 3.05) is 24.2 Å². The van der Waals surface area contributed by atoms with Crippen molar-refractivity contribution in [2.45, 2.75) is 58.5 Å². The van der Waals surface area contributed by atoms with Gasteiger partial charge >= 0.3 is 6.03 Å². The van der Waals surface area contributed by atoms with E-state index in [0.717, 1.165) is 17.1 Å². The number of anilines is 1. The Balaban J connectivity index is 1.52. The number of benzene rings is 1. The fourth-order valence-electron chi connectivity index (χ4n) is 3.92. The third-order valence-corrected chi connectivity index (χ3v) is 7.52. The van der Waals surface area contributed by atoms with E-state index in [0.29, 0.717) is 44.8 Å². The molecule has 1 aromatic heterocycles. The van der Waals surface area contributed by atoms with E-state index in [1.807, 2.05) is 43.6 Å². The second-order valence-electron chi connectivity index (χ2n) is 8.36. The monoisotopic (exact) mass is 447 g/mol. The number of carbonyl (C=O) groups excluding carboxylic acids is 1. The zero-order valence-corrected chi connectivity index (χ0v) is 19.4. The normalized spacial score (nSPS) is 15.9. The van der Waals surface area contributed by atoms with Crippen LogP contribution in [-0.2, 0) is 16.6 Å². The summed E-state index contributed by atoms with van der Waals surface area (Å²) in [4.78, 5) is 16.9. The molecule has 0 radical (unpaired) electrons. The van der Waals surface area contributed by atoms with E-state index >= 15 is 0 Å². The molecule has 0 unspecified atom stereocenters. The number of aromatic nitrogens is 2. The molecule has 2 amide bonds. The Kier molecular flexibility index (Phi) is 7.72. The largest absolute Gasteiger partial charge is 0.335 e. The van der Waals surface area contributed by atoms with Crippen LogP contribution < -0.4 is 10.6 Å². The third kappa shape index (κ3) is 6.30. The molecule has 8 nitrogen and oxygen atoms in total. The zero-order valence-electron chi connectivity index (χ0n) is 18.5. The fraction of sp³-hybridized carbons (Fsp3) is 0.545. The first-order valence-electron chi connectivity index (χ1n) is 10.9. The van der Waals surface area contributed by atoms with Crippen LogP contribution in [0.25, 0.3) is 0 Å². The van der Waals surface area contributed by atoms with Gasteiger partial charge in [-0.05, 0) is 37.0 Å². The molecule has 0 aliphatic carbocycles. The van der Waals surface area contributed by atoms with Crippen molar-refractivity contribution in [1.29, 1.82) is 0 Å². The highest BCUT2D eigenvalue weighted by Gasteiger charge is 2.27. The molecular formula is C22H33N5O3S. The maximum atomic E-state index is 12.5. The lowest BCUT2D eigenvalue weighted by Gasteiger charge is -2.31. The van der Waals surface area contributed by atoms with Crippen molar-refractivity contribution in [3.63, 3.8) is 0 Å². The van der Waals surface area contributed by atoms with Gasteiger partial charge in [0.25, 0.3) is 0 Å². The quantitative estimate of drug-likeness (QED) is 0.648. The van der Waals surface area contributed by atoms with Crippen LogP contribution in [0.4, 0.5) is 10.5 Å². The van der Waals surface area contributed by atoms with Crippen LogP contribution in [0.2, 0.25) is 0 Å². The Morgan fingerprint density at radius 2 is 2.00 bits per heavy atom. The summed E-state index contributed by atoms with van der Waals surface area (Å²) in [5.41, 5.74) is 1.80. The third-order valence-electron chi connectivity index (χ3n) is 5.45. The Bertz CT molecular complexity index is 979. The van der Waals surface area contributed by atoms with Gasteiger partial charge in [0, 0.05) is 49.7 Å². The Morgan fingerprint density at radius 1 is 1.26 bits per heavy atom. The molecule has 3 rings (SSSR count). The summed E-state index contributed by atoms with van der Waals surface area (Å²) < 4.78 is 28.0. The van der Waals surface area contributed by atoms with Crippen molar-refractivity contribution in [2.24, 2.45) is 0 Å². The van der Waals surface area contributed by atoms with Gasteiger partial charge in [-0.15, -0.1) is 0 Å². The molecule has 0 spiro atoms. The minimum atomic E-state index is -3.17. The molecule has 1 aromatic carbocycles. The SMILES string of the molecule is CCCS(=O)(=O)N1CCC(NC(=O)Nc2cccc(Cn3ccnc3C(C)C)c2)CC1. The molecule has 2 heterocycles. The summed E-state index contributed by atoms with van der Waals surface area (Å²) in [5.74, 6) is 1.55. The molecule has 0 atom stereocenters. The number of nitrogens with one attached hydrogen (secondary N) is 2. The fourth-order valence-corrected chi connectivity index (χ4v) is 5.46. The first kappa shape index (κ1) is 23.3. The molecule has 1 fully saturated rings. The number of nitrogens with zero attached hydrogens (tertiary/aromatic N) is 3. The average Bonchev–Trinajstić information content (AvgIpc) is 3.17. The highest BCUT2D eigenvalue weighted by atomic mass is 32.2. The summed E-state index contributed by atoms with van der Waals surface area (Å²) in [6.07, 6.45) is 5.63. The van der Waals surface area contributed by atoms with Gasteiger partial charge in [0.15, 0.2) is 0 Å². The summed E-state index contributed by atoms with van der Waals surface area (Å²) in [5, 5.41) is 5.88. The first-order chi connectivity index (χ1) is 14.8. The van der Waals surface area contributed by atoms with E-state index in [9.17, 15) is 13.2 Å². The smallest absolute Gasteiger partial charge is 0.319 e. The molecule has 1 aliphatic rings. The predicted octanol–water partition coefficient (Wildman–Crippen LogP) is 3.38. The van der Waals surface area contributed by atoms with E-state index in [4.69, 9.17) is 0 Å². The second kappa shape index (κ2) is 10.3. The van der Waals surface area contributed by atoms with Crippen LogP contribution in [-0.4, -0.2) is 53.2 Å². The van der Waals surface area contributed by atoms with Crippen molar-refractivity contribution in [3.05, 3.63) is 48.0 Å². The van der Waals surface area contributed by atoms with Crippen LogP contribution in [0, 0.1) is 0 Å². The number of urea groups is 1. The minimum absolute atomic E-state index is 0.0317. The van der Waals surface area contributed by atoms with Crippen molar-refractivity contribution in [1.82, 2.24) is 19.2 Å². The molecule has 31 heavy (non-hydrogen) atoms. The Labute approximate surface area is 185 Å². The van der Waals surface area contributed by atoms with Gasteiger partial charge in [-0.2, -0.15) is 0 Å². The van der Waals surface area contributed by atoms with Gasteiger partial charge in [-0.3, -0.25) is 0 Å². The number of piperidine rings is 1. The molecule has 2 aromatic rings. The zero-order chi connectivity index (χ0) is 22.4. The maximum absolute atomic E-state index is 12.5.